The normalized spacial score (nSPS) is 18.0. The maximum absolute atomic E-state index is 14.1. The van der Waals surface area contributed by atoms with Crippen molar-refractivity contribution in [3.8, 4) is 17.2 Å². The van der Waals surface area contributed by atoms with E-state index in [2.05, 4.69) is 5.32 Å². The van der Waals surface area contributed by atoms with Crippen molar-refractivity contribution in [1.29, 1.82) is 0 Å². The summed E-state index contributed by atoms with van der Waals surface area (Å²) in [7, 11) is 3.20. The van der Waals surface area contributed by atoms with E-state index in [0.29, 0.717) is 53.5 Å². The third-order valence-corrected chi connectivity index (χ3v) is 8.13. The predicted octanol–water partition coefficient (Wildman–Crippen LogP) is 6.61. The average molecular weight is 612 g/mol. The van der Waals surface area contributed by atoms with Gasteiger partial charge in [-0.3, -0.25) is 4.79 Å². The Kier molecular flexibility index (Phi) is 10.2. The van der Waals surface area contributed by atoms with Crippen LogP contribution in [0.25, 0.3) is 0 Å². The van der Waals surface area contributed by atoms with Crippen molar-refractivity contribution < 1.29 is 33.3 Å². The minimum atomic E-state index is -0.612. The highest BCUT2D eigenvalue weighted by Crippen LogP contribution is 2.47. The van der Waals surface area contributed by atoms with Gasteiger partial charge in [-0.05, 0) is 74.1 Å². The fourth-order valence-corrected chi connectivity index (χ4v) is 6.01. The largest absolute Gasteiger partial charge is 0.493 e. The lowest BCUT2D eigenvalue weighted by Crippen LogP contribution is -2.36. The molecule has 0 saturated carbocycles. The van der Waals surface area contributed by atoms with Crippen molar-refractivity contribution in [1.82, 2.24) is 5.32 Å². The van der Waals surface area contributed by atoms with E-state index in [1.165, 1.54) is 0 Å². The Labute approximate surface area is 265 Å². The van der Waals surface area contributed by atoms with Gasteiger partial charge in [-0.2, -0.15) is 0 Å². The Morgan fingerprint density at radius 2 is 1.67 bits per heavy atom. The molecule has 0 bridgehead atoms. The van der Waals surface area contributed by atoms with Crippen molar-refractivity contribution in [2.24, 2.45) is 0 Å². The van der Waals surface area contributed by atoms with E-state index in [1.54, 1.807) is 14.2 Å². The third kappa shape index (κ3) is 7.40. The Morgan fingerprint density at radius 1 is 0.889 bits per heavy atom. The molecule has 5 rings (SSSR count). The number of carbonyl (C=O) groups is 2. The van der Waals surface area contributed by atoms with Crippen molar-refractivity contribution in [3.63, 3.8) is 0 Å². The fourth-order valence-electron chi connectivity index (χ4n) is 6.01. The summed E-state index contributed by atoms with van der Waals surface area (Å²) >= 11 is 0. The van der Waals surface area contributed by atoms with Gasteiger partial charge >= 0.3 is 5.97 Å². The molecule has 3 aromatic rings. The second kappa shape index (κ2) is 14.5. The lowest BCUT2D eigenvalue weighted by Gasteiger charge is -2.37. The number of nitrogens with one attached hydrogen (secondary N) is 1. The minimum Gasteiger partial charge on any atom is -0.493 e. The maximum Gasteiger partial charge on any atom is 0.336 e. The van der Waals surface area contributed by atoms with Crippen molar-refractivity contribution in [3.05, 3.63) is 112 Å². The number of allylic oxidation sites excluding steroid dienone is 3. The number of ketones is 1. The summed E-state index contributed by atoms with van der Waals surface area (Å²) in [6, 6.07) is 23.3. The first-order valence-electron chi connectivity index (χ1n) is 15.3. The van der Waals surface area contributed by atoms with Crippen molar-refractivity contribution in [2.45, 2.75) is 58.2 Å². The number of carbonyl (C=O) groups excluding carboxylic acids is 2. The van der Waals surface area contributed by atoms with E-state index in [4.69, 9.17) is 23.7 Å². The van der Waals surface area contributed by atoms with E-state index >= 15 is 0 Å². The highest BCUT2D eigenvalue weighted by molar-refractivity contribution is 6.04. The summed E-state index contributed by atoms with van der Waals surface area (Å²) < 4.78 is 28.4. The van der Waals surface area contributed by atoms with Crippen LogP contribution in [0.3, 0.4) is 0 Å². The summed E-state index contributed by atoms with van der Waals surface area (Å²) in [5.74, 6) is 0.720. The van der Waals surface area contributed by atoms with Crippen LogP contribution in [0.2, 0.25) is 0 Å². The molecular weight excluding hydrogens is 570 g/mol. The maximum atomic E-state index is 14.1. The van der Waals surface area contributed by atoms with Crippen LogP contribution in [0.1, 0.15) is 62.1 Å². The molecule has 1 aliphatic heterocycles. The number of hydrogen-bond donors (Lipinski definition) is 1. The van der Waals surface area contributed by atoms with E-state index < -0.39 is 11.9 Å². The number of methoxy groups -OCH3 is 2. The molecule has 2 atom stereocenters. The number of ether oxygens (including phenoxy) is 5. The Bertz CT molecular complexity index is 1590. The number of esters is 1. The molecule has 0 saturated heterocycles. The number of benzene rings is 3. The number of hydrogen-bond acceptors (Lipinski definition) is 8. The topological polar surface area (TPSA) is 92.3 Å². The van der Waals surface area contributed by atoms with Gasteiger partial charge in [0.2, 0.25) is 0 Å². The van der Waals surface area contributed by atoms with Gasteiger partial charge in [-0.25, -0.2) is 4.79 Å². The van der Waals surface area contributed by atoms with E-state index in [0.717, 1.165) is 22.4 Å². The van der Waals surface area contributed by atoms with Crippen LogP contribution in [0, 0.1) is 0 Å². The summed E-state index contributed by atoms with van der Waals surface area (Å²) in [6.07, 6.45) is 0.915. The molecule has 0 radical (unpaired) electrons. The van der Waals surface area contributed by atoms with Gasteiger partial charge in [0.05, 0.1) is 32.5 Å². The van der Waals surface area contributed by atoms with Gasteiger partial charge in [0, 0.05) is 29.3 Å². The van der Waals surface area contributed by atoms with Gasteiger partial charge in [-0.1, -0.05) is 48.5 Å². The van der Waals surface area contributed by atoms with Gasteiger partial charge in [0.1, 0.15) is 19.0 Å². The van der Waals surface area contributed by atoms with Crippen LogP contribution in [0.15, 0.2) is 95.3 Å². The smallest absolute Gasteiger partial charge is 0.336 e. The zero-order valence-electron chi connectivity index (χ0n) is 26.6. The van der Waals surface area contributed by atoms with Gasteiger partial charge in [-0.15, -0.1) is 0 Å². The minimum absolute atomic E-state index is 0.0231. The molecule has 0 fully saturated rings. The molecule has 236 valence electrons. The van der Waals surface area contributed by atoms with E-state index in [-0.39, 0.29) is 31.0 Å². The van der Waals surface area contributed by atoms with Crippen LogP contribution in [-0.2, 0) is 25.7 Å². The Balaban J connectivity index is 1.48. The quantitative estimate of drug-likeness (QED) is 0.181. The van der Waals surface area contributed by atoms with Crippen molar-refractivity contribution >= 4 is 11.8 Å². The molecule has 8 heteroatoms. The van der Waals surface area contributed by atoms with Crippen LogP contribution in [-0.4, -0.2) is 45.3 Å². The fraction of sp³-hybridized carbons (Fsp3) is 0.351. The first kappa shape index (κ1) is 31.9. The highest BCUT2D eigenvalue weighted by atomic mass is 16.6. The van der Waals surface area contributed by atoms with Crippen LogP contribution in [0.5, 0.6) is 17.2 Å². The molecule has 8 nitrogen and oxygen atoms in total. The molecule has 2 aliphatic rings. The summed E-state index contributed by atoms with van der Waals surface area (Å²) in [5, 5.41) is 3.42. The Hall–Kier alpha value is -4.56. The lowest BCUT2D eigenvalue weighted by atomic mass is 9.71. The lowest BCUT2D eigenvalue weighted by molar-refractivity contribution is -0.141. The molecule has 0 unspecified atom stereocenters. The van der Waals surface area contributed by atoms with Crippen LogP contribution in [0.4, 0.5) is 0 Å². The summed E-state index contributed by atoms with van der Waals surface area (Å²) in [6.45, 7) is 6.52. The standard InChI is InChI=1S/C37H41NO7/c1-23(2)43-16-17-44-37(40)34-24(3)38-30-19-28(26-14-15-32(41-4)33(21-26)42-5)20-31(39)36(30)35(34)27-12-9-13-29(18-27)45-22-25-10-7-6-8-11-25/h6-15,18,21,23,28,35,38H,16-17,19-20,22H2,1-5H3/t28-,35+/m0/s1. The van der Waals surface area contributed by atoms with Crippen LogP contribution < -0.4 is 19.5 Å². The average Bonchev–Trinajstić information content (AvgIpc) is 3.05. The molecule has 0 amide bonds. The first-order valence-corrected chi connectivity index (χ1v) is 15.3. The monoisotopic (exact) mass is 611 g/mol. The van der Waals surface area contributed by atoms with Crippen LogP contribution >= 0.6 is 0 Å². The number of Topliss-reactive ketones (excluding diaryl/α,β-unsaturated/α-hetero) is 1. The Morgan fingerprint density at radius 3 is 2.40 bits per heavy atom. The highest BCUT2D eigenvalue weighted by Gasteiger charge is 2.41. The molecular formula is C37H41NO7. The zero-order chi connectivity index (χ0) is 31.9. The van der Waals surface area contributed by atoms with Gasteiger partial charge in [0.15, 0.2) is 17.3 Å². The van der Waals surface area contributed by atoms with Gasteiger partial charge in [0.25, 0.3) is 0 Å². The third-order valence-electron chi connectivity index (χ3n) is 8.13. The molecule has 0 spiro atoms. The molecule has 1 N–H and O–H groups in total. The van der Waals surface area contributed by atoms with E-state index in [1.807, 2.05) is 93.6 Å². The number of dihydropyridines is 1. The molecule has 3 aromatic carbocycles. The first-order chi connectivity index (χ1) is 21.8. The summed E-state index contributed by atoms with van der Waals surface area (Å²) in [5.41, 5.74) is 5.28. The molecule has 1 aliphatic carbocycles. The predicted molar refractivity (Wildman–Crippen MR) is 171 cm³/mol. The second-order valence-electron chi connectivity index (χ2n) is 11.5. The number of rotatable bonds is 12. The molecule has 45 heavy (non-hydrogen) atoms. The zero-order valence-corrected chi connectivity index (χ0v) is 26.6. The summed E-state index contributed by atoms with van der Waals surface area (Å²) in [4.78, 5) is 27.8. The molecule has 0 aromatic heterocycles. The SMILES string of the molecule is COc1ccc([C@@H]2CC(=O)C3=C(C2)NC(C)=C(C(=O)OCCOC(C)C)[C@H]3c2cccc(OCc3ccccc3)c2)cc1OC. The molecule has 1 heterocycles. The van der Waals surface area contributed by atoms with Crippen molar-refractivity contribution in [2.75, 3.05) is 27.4 Å². The van der Waals surface area contributed by atoms with E-state index in [9.17, 15) is 9.59 Å². The van der Waals surface area contributed by atoms with Gasteiger partial charge < -0.3 is 29.0 Å². The second-order valence-corrected chi connectivity index (χ2v) is 11.5.